The van der Waals surface area contributed by atoms with Gasteiger partial charge in [-0.3, -0.25) is 0 Å². The molecule has 1 aromatic heterocycles. The predicted molar refractivity (Wildman–Crippen MR) is 62.3 cm³/mol. The Morgan fingerprint density at radius 3 is 1.92 bits per heavy atom. The van der Waals surface area contributed by atoms with E-state index in [1.165, 1.54) is 22.5 Å². The maximum absolute atomic E-state index is 6.03. The van der Waals surface area contributed by atoms with Crippen LogP contribution in [0.25, 0.3) is 0 Å². The van der Waals surface area contributed by atoms with E-state index in [9.17, 15) is 0 Å². The second-order valence-electron chi connectivity index (χ2n) is 2.65. The molecule has 1 aliphatic carbocycles. The van der Waals surface area contributed by atoms with Gasteiger partial charge in [0.15, 0.2) is 0 Å². The summed E-state index contributed by atoms with van der Waals surface area (Å²) in [6.45, 7) is 0. The smallest absolute Gasteiger partial charge is 0.0990 e. The van der Waals surface area contributed by atoms with Gasteiger partial charge >= 0.3 is 0 Å². The van der Waals surface area contributed by atoms with Gasteiger partial charge in [0.25, 0.3) is 0 Å². The summed E-state index contributed by atoms with van der Waals surface area (Å²) >= 11 is 20.7. The van der Waals surface area contributed by atoms with E-state index in [0.717, 1.165) is 15.1 Å². The Balaban J connectivity index is 2.62. The van der Waals surface area contributed by atoms with Crippen LogP contribution in [-0.2, 0) is 0 Å². The second-order valence-corrected chi connectivity index (χ2v) is 7.08. The molecule has 0 saturated heterocycles. The molecule has 0 aromatic carbocycles. The fraction of sp³-hybridized carbons (Fsp3) is 0.429. The molecule has 2 atom stereocenters. The number of rotatable bonds is 0. The molecule has 0 fully saturated rings. The van der Waals surface area contributed by atoms with Crippen LogP contribution < -0.4 is 0 Å². The normalized spacial score (nSPS) is 27.7. The molecule has 0 nitrogen and oxygen atoms in total. The third-order valence-electron chi connectivity index (χ3n) is 1.93. The van der Waals surface area contributed by atoms with Crippen LogP contribution in [0, 0.1) is 0 Å². The summed E-state index contributed by atoms with van der Waals surface area (Å²) in [6.07, 6.45) is 1.03. The standard InChI is InChI=1S/C7H4Br2Cl2S/c8-2-1-3(9)5-4(2)6(10)12-7(5)11/h2-3H,1H2/t2-,3-/m1/s1. The van der Waals surface area contributed by atoms with E-state index in [-0.39, 0.29) is 0 Å². The van der Waals surface area contributed by atoms with Crippen LogP contribution in [0.4, 0.5) is 0 Å². The van der Waals surface area contributed by atoms with Gasteiger partial charge < -0.3 is 0 Å². The van der Waals surface area contributed by atoms with Crippen LogP contribution >= 0.6 is 66.4 Å². The molecule has 12 heavy (non-hydrogen) atoms. The van der Waals surface area contributed by atoms with Crippen molar-refractivity contribution in [2.45, 2.75) is 16.1 Å². The van der Waals surface area contributed by atoms with Crippen molar-refractivity contribution in [1.29, 1.82) is 0 Å². The van der Waals surface area contributed by atoms with Crippen LogP contribution in [0.2, 0.25) is 8.67 Å². The van der Waals surface area contributed by atoms with E-state index in [2.05, 4.69) is 31.9 Å². The summed E-state index contributed by atoms with van der Waals surface area (Å²) < 4.78 is 1.64. The zero-order chi connectivity index (χ0) is 8.88. The summed E-state index contributed by atoms with van der Waals surface area (Å²) in [4.78, 5) is 0.709. The highest BCUT2D eigenvalue weighted by Gasteiger charge is 2.33. The van der Waals surface area contributed by atoms with Crippen molar-refractivity contribution in [3.8, 4) is 0 Å². The number of halogens is 4. The Bertz CT molecular complexity index is 295. The first-order valence-electron chi connectivity index (χ1n) is 3.37. The van der Waals surface area contributed by atoms with Crippen molar-refractivity contribution in [2.24, 2.45) is 0 Å². The topological polar surface area (TPSA) is 0 Å². The lowest BCUT2D eigenvalue weighted by atomic mass is 10.2. The molecule has 2 rings (SSSR count). The molecule has 0 N–H and O–H groups in total. The lowest BCUT2D eigenvalue weighted by molar-refractivity contribution is 0.895. The minimum atomic E-state index is 0.355. The SMILES string of the molecule is Clc1sc(Cl)c2c1[C@H](Br)C[C@H]2Br. The van der Waals surface area contributed by atoms with E-state index in [1.807, 2.05) is 0 Å². The highest BCUT2D eigenvalue weighted by Crippen LogP contribution is 2.56. The molecule has 1 aromatic rings. The Kier molecular flexibility index (Phi) is 2.79. The third-order valence-corrected chi connectivity index (χ3v) is 5.26. The number of thiophene rings is 1. The summed E-state index contributed by atoms with van der Waals surface area (Å²) in [6, 6.07) is 0. The van der Waals surface area contributed by atoms with Crippen LogP contribution in [0.15, 0.2) is 0 Å². The summed E-state index contributed by atoms with van der Waals surface area (Å²) in [5.74, 6) is 0. The largest absolute Gasteiger partial charge is 0.111 e. The minimum absolute atomic E-state index is 0.355. The van der Waals surface area contributed by atoms with E-state index >= 15 is 0 Å². The molecule has 66 valence electrons. The van der Waals surface area contributed by atoms with E-state index in [4.69, 9.17) is 23.2 Å². The first-order valence-corrected chi connectivity index (χ1v) is 6.77. The van der Waals surface area contributed by atoms with Crippen LogP contribution in [0.5, 0.6) is 0 Å². The Morgan fingerprint density at radius 1 is 1.08 bits per heavy atom. The molecule has 0 saturated carbocycles. The monoisotopic (exact) mass is 348 g/mol. The molecular weight excluding hydrogens is 347 g/mol. The lowest BCUT2D eigenvalue weighted by Crippen LogP contribution is -1.78. The first kappa shape index (κ1) is 9.78. The van der Waals surface area contributed by atoms with E-state index < -0.39 is 0 Å². The molecule has 0 spiro atoms. The fourth-order valence-corrected chi connectivity index (χ4v) is 6.10. The van der Waals surface area contributed by atoms with Crippen molar-refractivity contribution < 1.29 is 0 Å². The maximum atomic E-state index is 6.03. The molecule has 0 amide bonds. The summed E-state index contributed by atoms with van der Waals surface area (Å²) in [7, 11) is 0. The van der Waals surface area contributed by atoms with Gasteiger partial charge in [-0.2, -0.15) is 0 Å². The van der Waals surface area contributed by atoms with Gasteiger partial charge in [-0.15, -0.1) is 11.3 Å². The van der Waals surface area contributed by atoms with Gasteiger partial charge in [-0.05, 0) is 6.42 Å². The van der Waals surface area contributed by atoms with Gasteiger partial charge in [0.05, 0.1) is 8.67 Å². The third kappa shape index (κ3) is 1.38. The van der Waals surface area contributed by atoms with Crippen molar-refractivity contribution in [3.05, 3.63) is 19.8 Å². The van der Waals surface area contributed by atoms with E-state index in [0.29, 0.717) is 9.65 Å². The first-order chi connectivity index (χ1) is 5.61. The zero-order valence-corrected chi connectivity index (χ0v) is 11.3. The highest BCUT2D eigenvalue weighted by molar-refractivity contribution is 9.10. The zero-order valence-electron chi connectivity index (χ0n) is 5.78. The van der Waals surface area contributed by atoms with E-state index in [1.54, 1.807) is 0 Å². The highest BCUT2D eigenvalue weighted by atomic mass is 79.9. The number of hydrogen-bond acceptors (Lipinski definition) is 1. The van der Waals surface area contributed by atoms with Crippen molar-refractivity contribution >= 4 is 66.4 Å². The molecular formula is C7H4Br2Cl2S. The quantitative estimate of drug-likeness (QED) is 0.555. The van der Waals surface area contributed by atoms with Crippen LogP contribution in [-0.4, -0.2) is 0 Å². The van der Waals surface area contributed by atoms with Gasteiger partial charge in [0.1, 0.15) is 0 Å². The van der Waals surface area contributed by atoms with Crippen molar-refractivity contribution in [1.82, 2.24) is 0 Å². The van der Waals surface area contributed by atoms with Gasteiger partial charge in [-0.25, -0.2) is 0 Å². The second kappa shape index (κ2) is 3.43. The fourth-order valence-electron chi connectivity index (χ4n) is 1.40. The molecule has 1 heterocycles. The average Bonchev–Trinajstić information content (AvgIpc) is 2.38. The summed E-state index contributed by atoms with van der Waals surface area (Å²) in [5, 5.41) is 0. The molecule has 0 bridgehead atoms. The molecule has 5 heteroatoms. The Hall–Kier alpha value is 1.24. The Labute approximate surface area is 102 Å². The molecule has 0 aliphatic heterocycles. The Morgan fingerprint density at radius 2 is 1.50 bits per heavy atom. The predicted octanol–water partition coefficient (Wildman–Crippen LogP) is 5.33. The molecule has 0 unspecified atom stereocenters. The lowest BCUT2D eigenvalue weighted by Gasteiger charge is -1.99. The summed E-state index contributed by atoms with van der Waals surface area (Å²) in [5.41, 5.74) is 2.35. The van der Waals surface area contributed by atoms with Gasteiger partial charge in [-0.1, -0.05) is 55.1 Å². The van der Waals surface area contributed by atoms with Crippen molar-refractivity contribution in [2.75, 3.05) is 0 Å². The number of alkyl halides is 2. The van der Waals surface area contributed by atoms with Gasteiger partial charge in [0.2, 0.25) is 0 Å². The molecule has 1 aliphatic rings. The van der Waals surface area contributed by atoms with Crippen LogP contribution in [0.3, 0.4) is 0 Å². The van der Waals surface area contributed by atoms with Gasteiger partial charge in [0, 0.05) is 20.8 Å². The number of fused-ring (bicyclic) bond motifs is 1. The maximum Gasteiger partial charge on any atom is 0.0990 e. The van der Waals surface area contributed by atoms with Crippen molar-refractivity contribution in [3.63, 3.8) is 0 Å². The minimum Gasteiger partial charge on any atom is -0.111 e. The average molecular weight is 351 g/mol. The van der Waals surface area contributed by atoms with Crippen LogP contribution in [0.1, 0.15) is 27.2 Å². The number of hydrogen-bond donors (Lipinski definition) is 0. The molecule has 0 radical (unpaired) electrons.